The normalized spacial score (nSPS) is 27.1. The van der Waals surface area contributed by atoms with Gasteiger partial charge in [0.15, 0.2) is 0 Å². The zero-order valence-electron chi connectivity index (χ0n) is 14.3. The molecule has 2 nitrogen and oxygen atoms in total. The molecule has 120 valence electrons. The van der Waals surface area contributed by atoms with Crippen molar-refractivity contribution in [3.05, 3.63) is 0 Å². The van der Waals surface area contributed by atoms with Gasteiger partial charge in [0.25, 0.3) is 0 Å². The van der Waals surface area contributed by atoms with Gasteiger partial charge in [-0.1, -0.05) is 33.6 Å². The van der Waals surface area contributed by atoms with Gasteiger partial charge in [0.1, 0.15) is 0 Å². The largest absolute Gasteiger partial charge is 0.382 e. The first-order valence-corrected chi connectivity index (χ1v) is 8.95. The van der Waals surface area contributed by atoms with Crippen molar-refractivity contribution >= 4 is 0 Å². The van der Waals surface area contributed by atoms with Crippen LogP contribution in [0.1, 0.15) is 66.2 Å². The second kappa shape index (κ2) is 10.6. The predicted molar refractivity (Wildman–Crippen MR) is 88.0 cm³/mol. The highest BCUT2D eigenvalue weighted by Crippen LogP contribution is 2.37. The molecule has 0 saturated heterocycles. The molecule has 0 radical (unpaired) electrons. The lowest BCUT2D eigenvalue weighted by atomic mass is 9.71. The van der Waals surface area contributed by atoms with Crippen LogP contribution in [0, 0.1) is 23.7 Å². The summed E-state index contributed by atoms with van der Waals surface area (Å²) in [5.74, 6) is 3.57. The van der Waals surface area contributed by atoms with E-state index in [4.69, 9.17) is 4.74 Å². The number of hydrogen-bond donors (Lipinski definition) is 1. The third kappa shape index (κ3) is 7.08. The quantitative estimate of drug-likeness (QED) is 0.596. The van der Waals surface area contributed by atoms with Gasteiger partial charge in [0, 0.05) is 13.2 Å². The fourth-order valence-electron chi connectivity index (χ4n) is 3.57. The summed E-state index contributed by atoms with van der Waals surface area (Å²) in [6.45, 7) is 13.2. The number of hydrogen-bond acceptors (Lipinski definition) is 2. The minimum Gasteiger partial charge on any atom is -0.382 e. The van der Waals surface area contributed by atoms with Gasteiger partial charge in [-0.15, -0.1) is 0 Å². The lowest BCUT2D eigenvalue weighted by molar-refractivity contribution is 0.117. The molecule has 0 heterocycles. The Hall–Kier alpha value is -0.0800. The summed E-state index contributed by atoms with van der Waals surface area (Å²) in [6.07, 6.45) is 8.32. The van der Waals surface area contributed by atoms with E-state index in [0.717, 1.165) is 36.9 Å². The van der Waals surface area contributed by atoms with Crippen molar-refractivity contribution in [3.63, 3.8) is 0 Å². The summed E-state index contributed by atoms with van der Waals surface area (Å²) in [4.78, 5) is 0. The Morgan fingerprint density at radius 1 is 1.15 bits per heavy atom. The van der Waals surface area contributed by atoms with Gasteiger partial charge in [-0.05, 0) is 69.4 Å². The maximum Gasteiger partial charge on any atom is 0.0465 e. The first-order chi connectivity index (χ1) is 9.67. The molecule has 0 bridgehead atoms. The molecule has 1 N–H and O–H groups in total. The van der Waals surface area contributed by atoms with Crippen molar-refractivity contribution in [1.29, 1.82) is 0 Å². The van der Waals surface area contributed by atoms with E-state index >= 15 is 0 Å². The SMILES string of the molecule is CCOCCCC1CC(CC)CCC1CNCC(C)C. The summed E-state index contributed by atoms with van der Waals surface area (Å²) < 4.78 is 5.51. The molecule has 0 aromatic heterocycles. The Balaban J connectivity index is 2.34. The molecule has 1 rings (SSSR count). The molecule has 0 aromatic rings. The highest BCUT2D eigenvalue weighted by molar-refractivity contribution is 4.81. The van der Waals surface area contributed by atoms with Crippen LogP contribution in [0.2, 0.25) is 0 Å². The topological polar surface area (TPSA) is 21.3 Å². The number of rotatable bonds is 10. The van der Waals surface area contributed by atoms with E-state index in [1.165, 1.54) is 51.6 Å². The average molecular weight is 284 g/mol. The fraction of sp³-hybridized carbons (Fsp3) is 1.00. The monoisotopic (exact) mass is 283 g/mol. The van der Waals surface area contributed by atoms with Crippen molar-refractivity contribution in [2.24, 2.45) is 23.7 Å². The van der Waals surface area contributed by atoms with Gasteiger partial charge >= 0.3 is 0 Å². The zero-order chi connectivity index (χ0) is 14.8. The summed E-state index contributed by atoms with van der Waals surface area (Å²) >= 11 is 0. The van der Waals surface area contributed by atoms with E-state index in [9.17, 15) is 0 Å². The fourth-order valence-corrected chi connectivity index (χ4v) is 3.57. The van der Waals surface area contributed by atoms with Crippen LogP contribution >= 0.6 is 0 Å². The van der Waals surface area contributed by atoms with E-state index in [1.807, 2.05) is 0 Å². The van der Waals surface area contributed by atoms with Crippen LogP contribution in [0.5, 0.6) is 0 Å². The minimum absolute atomic E-state index is 0.762. The summed E-state index contributed by atoms with van der Waals surface area (Å²) in [5.41, 5.74) is 0. The Kier molecular flexibility index (Phi) is 9.54. The van der Waals surface area contributed by atoms with Gasteiger partial charge in [0.05, 0.1) is 0 Å². The Morgan fingerprint density at radius 3 is 2.60 bits per heavy atom. The van der Waals surface area contributed by atoms with E-state index in [0.29, 0.717) is 0 Å². The van der Waals surface area contributed by atoms with Crippen molar-refractivity contribution in [1.82, 2.24) is 5.32 Å². The second-order valence-electron chi connectivity index (χ2n) is 7.00. The summed E-state index contributed by atoms with van der Waals surface area (Å²) in [6, 6.07) is 0. The molecular weight excluding hydrogens is 246 g/mol. The Morgan fingerprint density at radius 2 is 1.95 bits per heavy atom. The van der Waals surface area contributed by atoms with Crippen molar-refractivity contribution < 1.29 is 4.74 Å². The number of nitrogens with one attached hydrogen (secondary N) is 1. The molecule has 1 saturated carbocycles. The number of ether oxygens (including phenoxy) is 1. The van der Waals surface area contributed by atoms with E-state index < -0.39 is 0 Å². The molecule has 3 unspecified atom stereocenters. The van der Waals surface area contributed by atoms with E-state index in [2.05, 4.69) is 33.0 Å². The van der Waals surface area contributed by atoms with Crippen LogP contribution in [0.15, 0.2) is 0 Å². The lowest BCUT2D eigenvalue weighted by Gasteiger charge is -2.36. The second-order valence-corrected chi connectivity index (χ2v) is 7.00. The molecule has 1 aliphatic rings. The molecule has 3 atom stereocenters. The first-order valence-electron chi connectivity index (χ1n) is 8.95. The van der Waals surface area contributed by atoms with Gasteiger partial charge in [0.2, 0.25) is 0 Å². The van der Waals surface area contributed by atoms with Crippen molar-refractivity contribution in [2.75, 3.05) is 26.3 Å². The van der Waals surface area contributed by atoms with Gasteiger partial charge in [-0.3, -0.25) is 0 Å². The highest BCUT2D eigenvalue weighted by Gasteiger charge is 2.28. The molecule has 0 aromatic carbocycles. The van der Waals surface area contributed by atoms with Crippen molar-refractivity contribution in [3.8, 4) is 0 Å². The molecule has 0 aliphatic heterocycles. The Bertz CT molecular complexity index is 229. The van der Waals surface area contributed by atoms with Crippen LogP contribution in [0.3, 0.4) is 0 Å². The van der Waals surface area contributed by atoms with Crippen LogP contribution in [-0.2, 0) is 4.74 Å². The maximum absolute atomic E-state index is 5.51. The first kappa shape index (κ1) is 18.0. The molecule has 1 fully saturated rings. The molecule has 2 heteroatoms. The summed E-state index contributed by atoms with van der Waals surface area (Å²) in [5, 5.41) is 3.69. The van der Waals surface area contributed by atoms with Crippen molar-refractivity contribution in [2.45, 2.75) is 66.2 Å². The van der Waals surface area contributed by atoms with Crippen LogP contribution in [-0.4, -0.2) is 26.3 Å². The molecule has 1 aliphatic carbocycles. The molecule has 0 spiro atoms. The van der Waals surface area contributed by atoms with Crippen LogP contribution in [0.25, 0.3) is 0 Å². The van der Waals surface area contributed by atoms with Crippen LogP contribution in [0.4, 0.5) is 0 Å². The van der Waals surface area contributed by atoms with E-state index in [1.54, 1.807) is 0 Å². The highest BCUT2D eigenvalue weighted by atomic mass is 16.5. The van der Waals surface area contributed by atoms with Crippen LogP contribution < -0.4 is 5.32 Å². The van der Waals surface area contributed by atoms with Gasteiger partial charge in [-0.2, -0.15) is 0 Å². The lowest BCUT2D eigenvalue weighted by Crippen LogP contribution is -2.34. The standard InChI is InChI=1S/C18H37NO/c1-5-16-9-10-18(14-19-13-15(3)4)17(12-16)8-7-11-20-6-2/h15-19H,5-14H2,1-4H3. The predicted octanol–water partition coefficient (Wildman–Crippen LogP) is 4.49. The minimum atomic E-state index is 0.762. The molecule has 20 heavy (non-hydrogen) atoms. The third-order valence-corrected chi connectivity index (χ3v) is 4.85. The van der Waals surface area contributed by atoms with Gasteiger partial charge < -0.3 is 10.1 Å². The average Bonchev–Trinajstić information content (AvgIpc) is 2.44. The smallest absolute Gasteiger partial charge is 0.0465 e. The maximum atomic E-state index is 5.51. The van der Waals surface area contributed by atoms with E-state index in [-0.39, 0.29) is 0 Å². The van der Waals surface area contributed by atoms with Gasteiger partial charge in [-0.25, -0.2) is 0 Å². The molecular formula is C18H37NO. The Labute approximate surface area is 127 Å². The summed E-state index contributed by atoms with van der Waals surface area (Å²) in [7, 11) is 0. The zero-order valence-corrected chi connectivity index (χ0v) is 14.3. The third-order valence-electron chi connectivity index (χ3n) is 4.85. The molecule has 0 amide bonds.